The molecule has 0 fully saturated rings. The number of fused-ring (bicyclic) bond motifs is 1. The van der Waals surface area contributed by atoms with Gasteiger partial charge in [-0.15, -0.1) is 0 Å². The first-order valence-electron chi connectivity index (χ1n) is 8.90. The normalized spacial score (nSPS) is 15.6. The van der Waals surface area contributed by atoms with Crippen LogP contribution in [0, 0.1) is 11.3 Å². The molecule has 0 saturated carbocycles. The first-order chi connectivity index (χ1) is 13.8. The van der Waals surface area contributed by atoms with E-state index in [1.807, 2.05) is 24.3 Å². The maximum Gasteiger partial charge on any atom is 0.243 e. The Morgan fingerprint density at radius 3 is 2.45 bits per heavy atom. The number of ether oxygens (including phenoxy) is 2. The summed E-state index contributed by atoms with van der Waals surface area (Å²) in [5.74, 6) is 0.906. The quantitative estimate of drug-likeness (QED) is 0.708. The number of amides is 1. The molecule has 0 N–H and O–H groups in total. The van der Waals surface area contributed by atoms with E-state index in [-0.39, 0.29) is 30.0 Å². The van der Waals surface area contributed by atoms with Crippen LogP contribution in [0.3, 0.4) is 0 Å². The second-order valence-corrected chi connectivity index (χ2v) is 8.71. The number of carbonyl (C=O) groups excluding carboxylic acids is 1. The third kappa shape index (κ3) is 4.67. The summed E-state index contributed by atoms with van der Waals surface area (Å²) in [5, 5.41) is 8.83. The van der Waals surface area contributed by atoms with Crippen LogP contribution in [0.4, 0.5) is 0 Å². The summed E-state index contributed by atoms with van der Waals surface area (Å²) in [4.78, 5) is 14.0. The van der Waals surface area contributed by atoms with E-state index in [9.17, 15) is 13.2 Å². The summed E-state index contributed by atoms with van der Waals surface area (Å²) in [7, 11) is -0.910. The average molecular weight is 415 g/mol. The number of hydrogen-bond acceptors (Lipinski definition) is 6. The molecule has 29 heavy (non-hydrogen) atoms. The van der Waals surface area contributed by atoms with E-state index in [4.69, 9.17) is 14.7 Å². The minimum atomic E-state index is -3.85. The molecule has 0 unspecified atom stereocenters. The predicted octanol–water partition coefficient (Wildman–Crippen LogP) is 1.48. The van der Waals surface area contributed by atoms with Gasteiger partial charge in [0.05, 0.1) is 29.6 Å². The molecule has 1 atom stereocenters. The van der Waals surface area contributed by atoms with Crippen LogP contribution in [0.2, 0.25) is 0 Å². The van der Waals surface area contributed by atoms with Gasteiger partial charge in [0.15, 0.2) is 17.6 Å². The van der Waals surface area contributed by atoms with Gasteiger partial charge in [-0.3, -0.25) is 4.79 Å². The fourth-order valence-electron chi connectivity index (χ4n) is 2.84. The van der Waals surface area contributed by atoms with Gasteiger partial charge in [0, 0.05) is 14.1 Å². The largest absolute Gasteiger partial charge is 0.486 e. The molecule has 3 rings (SSSR count). The lowest BCUT2D eigenvalue weighted by Crippen LogP contribution is -2.45. The standard InChI is InChI=1S/C20H21N3O5S/c1-22(12-16-14-27-18-5-3-4-6-19(18)28-16)20(24)13-23(2)29(25,26)17-9-7-15(11-21)8-10-17/h3-10,16H,12-14H2,1-2H3/t16-/m1/s1. The number of likely N-dealkylation sites (N-methyl/N-ethyl adjacent to an activating group) is 2. The Balaban J connectivity index is 1.59. The highest BCUT2D eigenvalue weighted by atomic mass is 32.2. The number of rotatable bonds is 6. The van der Waals surface area contributed by atoms with Crippen molar-refractivity contribution in [2.45, 2.75) is 11.0 Å². The zero-order valence-electron chi connectivity index (χ0n) is 16.1. The lowest BCUT2D eigenvalue weighted by molar-refractivity contribution is -0.131. The highest BCUT2D eigenvalue weighted by Gasteiger charge is 2.27. The summed E-state index contributed by atoms with van der Waals surface area (Å²) in [6.07, 6.45) is -0.348. The molecule has 1 amide bonds. The number of nitrogens with zero attached hydrogens (tertiary/aromatic N) is 3. The number of nitriles is 1. The minimum Gasteiger partial charge on any atom is -0.486 e. The number of benzene rings is 2. The number of carbonyl (C=O) groups is 1. The summed E-state index contributed by atoms with van der Waals surface area (Å²) in [6.45, 7) is 0.245. The van der Waals surface area contributed by atoms with Gasteiger partial charge < -0.3 is 14.4 Å². The molecule has 9 heteroatoms. The van der Waals surface area contributed by atoms with Crippen molar-refractivity contribution in [1.29, 1.82) is 5.26 Å². The SMILES string of the molecule is CN(C[C@@H]1COc2ccccc2O1)C(=O)CN(C)S(=O)(=O)c1ccc(C#N)cc1. The van der Waals surface area contributed by atoms with Crippen molar-refractivity contribution in [2.24, 2.45) is 0 Å². The summed E-state index contributed by atoms with van der Waals surface area (Å²) < 4.78 is 37.8. The van der Waals surface area contributed by atoms with Crippen LogP contribution >= 0.6 is 0 Å². The van der Waals surface area contributed by atoms with Crippen molar-refractivity contribution >= 4 is 15.9 Å². The van der Waals surface area contributed by atoms with Crippen LogP contribution in [-0.2, 0) is 14.8 Å². The molecule has 1 aliphatic rings. The summed E-state index contributed by atoms with van der Waals surface area (Å²) >= 11 is 0. The van der Waals surface area contributed by atoms with E-state index in [1.54, 1.807) is 13.1 Å². The second kappa shape index (κ2) is 8.51. The van der Waals surface area contributed by atoms with Crippen molar-refractivity contribution in [3.8, 4) is 17.6 Å². The summed E-state index contributed by atoms with van der Waals surface area (Å²) in [5.41, 5.74) is 0.360. The van der Waals surface area contributed by atoms with E-state index in [0.29, 0.717) is 23.7 Å². The molecular weight excluding hydrogens is 394 g/mol. The fraction of sp³-hybridized carbons (Fsp3) is 0.300. The Bertz CT molecular complexity index is 1030. The Morgan fingerprint density at radius 1 is 1.14 bits per heavy atom. The molecule has 8 nitrogen and oxygen atoms in total. The molecule has 152 valence electrons. The molecule has 0 saturated heterocycles. The molecule has 0 spiro atoms. The van der Waals surface area contributed by atoms with E-state index < -0.39 is 10.0 Å². The van der Waals surface area contributed by atoms with Crippen LogP contribution in [0.1, 0.15) is 5.56 Å². The van der Waals surface area contributed by atoms with E-state index in [2.05, 4.69) is 0 Å². The topological polar surface area (TPSA) is 99.9 Å². The third-order valence-electron chi connectivity index (χ3n) is 4.52. The Morgan fingerprint density at radius 2 is 1.79 bits per heavy atom. The molecule has 1 aliphatic heterocycles. The Labute approximate surface area is 169 Å². The Hall–Kier alpha value is -3.09. The van der Waals surface area contributed by atoms with Crippen molar-refractivity contribution in [1.82, 2.24) is 9.21 Å². The van der Waals surface area contributed by atoms with Gasteiger partial charge in [-0.1, -0.05) is 12.1 Å². The van der Waals surface area contributed by atoms with Gasteiger partial charge in [-0.25, -0.2) is 8.42 Å². The van der Waals surface area contributed by atoms with Crippen LogP contribution < -0.4 is 9.47 Å². The highest BCUT2D eigenvalue weighted by Crippen LogP contribution is 2.31. The first-order valence-corrected chi connectivity index (χ1v) is 10.3. The van der Waals surface area contributed by atoms with Gasteiger partial charge >= 0.3 is 0 Å². The van der Waals surface area contributed by atoms with Gasteiger partial charge in [-0.05, 0) is 36.4 Å². The van der Waals surface area contributed by atoms with Crippen LogP contribution in [0.5, 0.6) is 11.5 Å². The molecule has 0 bridgehead atoms. The molecule has 1 heterocycles. The van der Waals surface area contributed by atoms with Crippen LogP contribution in [0.15, 0.2) is 53.4 Å². The van der Waals surface area contributed by atoms with Crippen molar-refractivity contribution < 1.29 is 22.7 Å². The van der Waals surface area contributed by atoms with Gasteiger partial charge in [-0.2, -0.15) is 9.57 Å². The molecule has 0 radical (unpaired) electrons. The van der Waals surface area contributed by atoms with Gasteiger partial charge in [0.1, 0.15) is 6.61 Å². The Kier molecular flexibility index (Phi) is 6.06. The maximum absolute atomic E-state index is 12.6. The highest BCUT2D eigenvalue weighted by molar-refractivity contribution is 7.89. The maximum atomic E-state index is 12.6. The minimum absolute atomic E-state index is 0.0232. The third-order valence-corrected chi connectivity index (χ3v) is 6.34. The zero-order valence-corrected chi connectivity index (χ0v) is 16.9. The van der Waals surface area contributed by atoms with Gasteiger partial charge in [0.2, 0.25) is 15.9 Å². The lowest BCUT2D eigenvalue weighted by atomic mass is 10.2. The predicted molar refractivity (Wildman–Crippen MR) is 105 cm³/mol. The van der Waals surface area contributed by atoms with Crippen molar-refractivity contribution in [2.75, 3.05) is 33.8 Å². The van der Waals surface area contributed by atoms with Crippen molar-refractivity contribution in [3.63, 3.8) is 0 Å². The first kappa shape index (κ1) is 20.6. The monoisotopic (exact) mass is 415 g/mol. The van der Waals surface area contributed by atoms with E-state index in [0.717, 1.165) is 4.31 Å². The molecule has 0 aromatic heterocycles. The molecule has 0 aliphatic carbocycles. The number of hydrogen-bond donors (Lipinski definition) is 0. The van der Waals surface area contributed by atoms with Gasteiger partial charge in [0.25, 0.3) is 0 Å². The smallest absolute Gasteiger partial charge is 0.243 e. The molecule has 2 aromatic rings. The van der Waals surface area contributed by atoms with Crippen molar-refractivity contribution in [3.05, 3.63) is 54.1 Å². The lowest BCUT2D eigenvalue weighted by Gasteiger charge is -2.30. The number of para-hydroxylation sites is 2. The second-order valence-electron chi connectivity index (χ2n) is 6.67. The molecule has 2 aromatic carbocycles. The summed E-state index contributed by atoms with van der Waals surface area (Å²) in [6, 6.07) is 14.8. The van der Waals surface area contributed by atoms with E-state index >= 15 is 0 Å². The average Bonchev–Trinajstić information content (AvgIpc) is 2.73. The van der Waals surface area contributed by atoms with Crippen LogP contribution in [0.25, 0.3) is 0 Å². The van der Waals surface area contributed by atoms with E-state index in [1.165, 1.54) is 36.2 Å². The fourth-order valence-corrected chi connectivity index (χ4v) is 3.96. The number of sulfonamides is 1. The van der Waals surface area contributed by atoms with Crippen LogP contribution in [-0.4, -0.2) is 63.4 Å². The molecular formula is C20H21N3O5S. The zero-order chi connectivity index (χ0) is 21.0.